The fraction of sp³-hybridized carbons (Fsp3) is 0.597. The summed E-state index contributed by atoms with van der Waals surface area (Å²) in [7, 11) is 5.89. The van der Waals surface area contributed by atoms with E-state index >= 15 is 0 Å². The minimum absolute atomic E-state index is 0.132. The van der Waals surface area contributed by atoms with Crippen LogP contribution >= 0.6 is 0 Å². The number of carboxylic acids is 1. The molecular weight excluding hydrogens is 887 g/mol. The molecule has 9 nitrogen and oxygen atoms in total. The van der Waals surface area contributed by atoms with Crippen molar-refractivity contribution >= 4 is 17.9 Å². The number of carbonyl (C=O) groups is 3. The number of likely N-dealkylation sites (N-methyl/N-ethyl adjacent to an activating group) is 1. The third kappa shape index (κ3) is 53.1. The van der Waals surface area contributed by atoms with Gasteiger partial charge in [-0.15, -0.1) is 0 Å². The predicted molar refractivity (Wildman–Crippen MR) is 296 cm³/mol. The minimum atomic E-state index is -1.64. The van der Waals surface area contributed by atoms with Gasteiger partial charge in [-0.3, -0.25) is 9.59 Å². The van der Waals surface area contributed by atoms with E-state index in [0.29, 0.717) is 23.9 Å². The summed E-state index contributed by atoms with van der Waals surface area (Å²) in [5, 5.41) is 11.8. The highest BCUT2D eigenvalue weighted by molar-refractivity contribution is 5.70. The van der Waals surface area contributed by atoms with E-state index in [1.165, 1.54) is 19.3 Å². The van der Waals surface area contributed by atoms with Crippen molar-refractivity contribution < 1.29 is 42.9 Å². The molecule has 0 saturated carbocycles. The van der Waals surface area contributed by atoms with Crippen molar-refractivity contribution in [3.8, 4) is 0 Å². The van der Waals surface area contributed by atoms with Crippen molar-refractivity contribution in [3.05, 3.63) is 134 Å². The van der Waals surface area contributed by atoms with E-state index < -0.39 is 24.3 Å². The predicted octanol–water partition coefficient (Wildman–Crippen LogP) is 14.6. The smallest absolute Gasteiger partial charge is 0.306 e. The third-order valence-corrected chi connectivity index (χ3v) is 10.9. The van der Waals surface area contributed by atoms with E-state index in [-0.39, 0.29) is 38.6 Å². The molecule has 0 N–H and O–H groups in total. The topological polar surface area (TPSA) is 111 Å². The first kappa shape index (κ1) is 66.4. The Morgan fingerprint density at radius 2 is 0.761 bits per heavy atom. The summed E-state index contributed by atoms with van der Waals surface area (Å²) in [5.41, 5.74) is 0. The SMILES string of the molecule is CC/C=C\C/C=C\C/C=C\C/C=C\C/C=C\C/C=C\CCCCCCC(=O)OC(COC(=O)CCCCCCCCC/C=C\C/C=C\C/C=C\C/C=C\C/C=C\CC)COC(OCC[N+](C)(C)C)C(=O)[O-]. The maximum absolute atomic E-state index is 12.8. The van der Waals surface area contributed by atoms with E-state index in [2.05, 4.69) is 148 Å². The summed E-state index contributed by atoms with van der Waals surface area (Å²) in [6.45, 7) is 4.45. The zero-order valence-electron chi connectivity index (χ0n) is 45.3. The molecule has 2 atom stereocenters. The zero-order chi connectivity index (χ0) is 52.0. The summed E-state index contributed by atoms with van der Waals surface area (Å²) >= 11 is 0. The number of allylic oxidation sites excluding steroid dienone is 22. The second kappa shape index (κ2) is 51.8. The number of esters is 2. The average Bonchev–Trinajstić information content (AvgIpc) is 3.34. The van der Waals surface area contributed by atoms with Gasteiger partial charge in [0.2, 0.25) is 0 Å². The molecule has 0 aliphatic heterocycles. The van der Waals surface area contributed by atoms with Crippen LogP contribution in [0.15, 0.2) is 134 Å². The lowest BCUT2D eigenvalue weighted by atomic mass is 10.1. The number of carbonyl (C=O) groups excluding carboxylic acids is 3. The first-order valence-electron chi connectivity index (χ1n) is 27.3. The standard InChI is InChI=1S/C62H99NO8/c1-6-8-10-12-14-16-18-20-22-24-26-28-30-32-34-36-38-40-42-44-46-48-50-52-59(64)69-56-58(57-70-62(61(66)67)68-55-54-63(3,4)5)71-60(65)53-51-49-47-45-43-41-39-37-35-33-31-29-27-25-23-21-19-17-15-13-11-9-7-2/h8-11,14-17,20-23,26-29,32-35,39,41,58,62H,6-7,12-13,18-19,24-25,30-31,36-38,40,42-57H2,1-5H3/b10-8-,11-9-,16-14-,17-15-,22-20-,23-21-,28-26-,29-27-,34-32-,35-33-,41-39-. The van der Waals surface area contributed by atoms with E-state index in [1.807, 2.05) is 21.1 Å². The van der Waals surface area contributed by atoms with Crippen LogP contribution in [-0.2, 0) is 33.3 Å². The number of rotatable bonds is 48. The van der Waals surface area contributed by atoms with Crippen LogP contribution in [0.5, 0.6) is 0 Å². The molecule has 0 spiro atoms. The Balaban J connectivity index is 4.42. The lowest BCUT2D eigenvalue weighted by Gasteiger charge is -2.26. The Hall–Kier alpha value is -4.57. The molecule has 0 saturated heterocycles. The Morgan fingerprint density at radius 3 is 1.13 bits per heavy atom. The summed E-state index contributed by atoms with van der Waals surface area (Å²) in [4.78, 5) is 37.3. The molecule has 0 radical (unpaired) electrons. The van der Waals surface area contributed by atoms with Crippen LogP contribution in [0.3, 0.4) is 0 Å². The van der Waals surface area contributed by atoms with Crippen molar-refractivity contribution in [2.75, 3.05) is 47.5 Å². The number of carboxylic acid groups (broad SMARTS) is 1. The van der Waals surface area contributed by atoms with Gasteiger partial charge >= 0.3 is 11.9 Å². The molecule has 0 aromatic heterocycles. The highest BCUT2D eigenvalue weighted by Gasteiger charge is 2.21. The number of nitrogens with zero attached hydrogens (tertiary/aromatic N) is 1. The Bertz CT molecular complexity index is 1620. The van der Waals surface area contributed by atoms with Crippen LogP contribution in [0.25, 0.3) is 0 Å². The zero-order valence-corrected chi connectivity index (χ0v) is 45.3. The molecule has 9 heteroatoms. The second-order valence-corrected chi connectivity index (χ2v) is 18.8. The quantitative estimate of drug-likeness (QED) is 0.0195. The normalized spacial score (nSPS) is 13.9. The summed E-state index contributed by atoms with van der Waals surface area (Å²) < 4.78 is 22.6. The van der Waals surface area contributed by atoms with Crippen molar-refractivity contribution in [2.24, 2.45) is 0 Å². The maximum Gasteiger partial charge on any atom is 0.306 e. The maximum atomic E-state index is 12.8. The Labute approximate surface area is 433 Å². The minimum Gasteiger partial charge on any atom is -0.545 e. The van der Waals surface area contributed by atoms with Gasteiger partial charge in [0.1, 0.15) is 13.2 Å². The van der Waals surface area contributed by atoms with Gasteiger partial charge in [-0.1, -0.05) is 192 Å². The molecule has 71 heavy (non-hydrogen) atoms. The van der Waals surface area contributed by atoms with Gasteiger partial charge in [-0.05, 0) is 109 Å². The molecular formula is C62H99NO8. The number of quaternary nitrogens is 1. The van der Waals surface area contributed by atoms with Crippen LogP contribution < -0.4 is 5.11 Å². The largest absolute Gasteiger partial charge is 0.545 e. The number of hydrogen-bond acceptors (Lipinski definition) is 8. The van der Waals surface area contributed by atoms with E-state index in [9.17, 15) is 19.5 Å². The van der Waals surface area contributed by atoms with Crippen LogP contribution in [0.1, 0.15) is 181 Å². The summed E-state index contributed by atoms with van der Waals surface area (Å²) in [6.07, 6.45) is 70.5. The molecule has 0 rings (SSSR count). The van der Waals surface area contributed by atoms with Crippen LogP contribution in [0.2, 0.25) is 0 Å². The molecule has 0 aromatic rings. The van der Waals surface area contributed by atoms with Gasteiger partial charge in [0, 0.05) is 12.8 Å². The van der Waals surface area contributed by atoms with Gasteiger partial charge < -0.3 is 33.3 Å². The molecule has 0 amide bonds. The molecule has 0 aliphatic rings. The summed E-state index contributed by atoms with van der Waals surface area (Å²) in [6, 6.07) is 0. The first-order chi connectivity index (χ1) is 34.6. The molecule has 0 heterocycles. The van der Waals surface area contributed by atoms with Crippen molar-refractivity contribution in [1.29, 1.82) is 0 Å². The second-order valence-electron chi connectivity index (χ2n) is 18.8. The molecule has 2 unspecified atom stereocenters. The Kier molecular flexibility index (Phi) is 48.4. The van der Waals surface area contributed by atoms with E-state index in [4.69, 9.17) is 18.9 Å². The van der Waals surface area contributed by atoms with Crippen molar-refractivity contribution in [1.82, 2.24) is 0 Å². The van der Waals surface area contributed by atoms with Gasteiger partial charge in [-0.2, -0.15) is 0 Å². The lowest BCUT2D eigenvalue weighted by Crippen LogP contribution is -2.44. The van der Waals surface area contributed by atoms with Crippen molar-refractivity contribution in [2.45, 2.75) is 193 Å². The molecule has 0 fully saturated rings. The molecule has 400 valence electrons. The fourth-order valence-corrected chi connectivity index (χ4v) is 6.74. The van der Waals surface area contributed by atoms with Gasteiger partial charge in [0.25, 0.3) is 0 Å². The van der Waals surface area contributed by atoms with Crippen molar-refractivity contribution in [3.63, 3.8) is 0 Å². The molecule has 0 aromatic carbocycles. The first-order valence-corrected chi connectivity index (χ1v) is 27.3. The Morgan fingerprint density at radius 1 is 0.423 bits per heavy atom. The third-order valence-electron chi connectivity index (χ3n) is 10.9. The van der Waals surface area contributed by atoms with Gasteiger partial charge in [0.15, 0.2) is 12.4 Å². The lowest BCUT2D eigenvalue weighted by molar-refractivity contribution is -0.870. The average molecular weight is 986 g/mol. The summed E-state index contributed by atoms with van der Waals surface area (Å²) in [5.74, 6) is -2.35. The molecule has 0 bridgehead atoms. The number of unbranched alkanes of at least 4 members (excludes halogenated alkanes) is 11. The monoisotopic (exact) mass is 986 g/mol. The van der Waals surface area contributed by atoms with E-state index in [1.54, 1.807) is 0 Å². The van der Waals surface area contributed by atoms with Gasteiger partial charge in [-0.25, -0.2) is 0 Å². The van der Waals surface area contributed by atoms with Crippen LogP contribution in [0, 0.1) is 0 Å². The van der Waals surface area contributed by atoms with Crippen LogP contribution in [0.4, 0.5) is 0 Å². The highest BCUT2D eigenvalue weighted by Crippen LogP contribution is 2.13. The number of ether oxygens (including phenoxy) is 4. The molecule has 0 aliphatic carbocycles. The number of hydrogen-bond donors (Lipinski definition) is 0. The fourth-order valence-electron chi connectivity index (χ4n) is 6.74. The van der Waals surface area contributed by atoms with E-state index in [0.717, 1.165) is 122 Å². The van der Waals surface area contributed by atoms with Crippen LogP contribution in [-0.4, -0.2) is 82.3 Å². The number of aliphatic carboxylic acids is 1. The highest BCUT2D eigenvalue weighted by atomic mass is 16.7. The van der Waals surface area contributed by atoms with Gasteiger partial charge in [0.05, 0.1) is 40.3 Å².